The first-order valence-corrected chi connectivity index (χ1v) is 7.56. The average molecular weight is 301 g/mol. The van der Waals surface area contributed by atoms with E-state index in [1.54, 1.807) is 6.07 Å². The lowest BCUT2D eigenvalue weighted by Gasteiger charge is -2.17. The van der Waals surface area contributed by atoms with E-state index in [2.05, 4.69) is 38.2 Å². The molecule has 0 aliphatic rings. The maximum Gasteiger partial charge on any atom is 0.165 e. The number of benzene rings is 2. The Hall–Kier alpha value is -1.87. The van der Waals surface area contributed by atoms with Crippen molar-refractivity contribution in [2.45, 2.75) is 40.3 Å². The molecule has 0 saturated heterocycles. The zero-order valence-corrected chi connectivity index (χ0v) is 14.0. The maximum absolute atomic E-state index is 13.8. The minimum atomic E-state index is -0.323. The molecule has 0 aliphatic heterocycles. The van der Waals surface area contributed by atoms with Gasteiger partial charge in [0.15, 0.2) is 11.6 Å². The molecule has 0 amide bonds. The molecule has 0 aromatic heterocycles. The standard InChI is InChI=1S/C19H24FNO/c1-12-8-14(3)17(9-13(12)2)11-21-15(4)16-6-7-19(22-5)18(20)10-16/h6-10,15,21H,11H2,1-5H3. The first-order valence-electron chi connectivity index (χ1n) is 7.56. The minimum absolute atomic E-state index is 0.0708. The van der Waals surface area contributed by atoms with E-state index in [0.717, 1.165) is 12.1 Å². The Balaban J connectivity index is 2.08. The van der Waals surface area contributed by atoms with Crippen molar-refractivity contribution in [2.75, 3.05) is 7.11 Å². The van der Waals surface area contributed by atoms with Crippen molar-refractivity contribution in [2.24, 2.45) is 0 Å². The van der Waals surface area contributed by atoms with Gasteiger partial charge in [-0.2, -0.15) is 0 Å². The van der Waals surface area contributed by atoms with Crippen molar-refractivity contribution >= 4 is 0 Å². The molecule has 0 bridgehead atoms. The Bertz CT molecular complexity index is 667. The van der Waals surface area contributed by atoms with Crippen LogP contribution in [0, 0.1) is 26.6 Å². The summed E-state index contributed by atoms with van der Waals surface area (Å²) in [5.74, 6) is -0.0445. The Morgan fingerprint density at radius 2 is 1.73 bits per heavy atom. The fourth-order valence-electron chi connectivity index (χ4n) is 2.54. The first kappa shape index (κ1) is 16.5. The second-order valence-corrected chi connectivity index (χ2v) is 5.86. The van der Waals surface area contributed by atoms with Crippen molar-refractivity contribution in [3.8, 4) is 5.75 Å². The van der Waals surface area contributed by atoms with E-state index in [-0.39, 0.29) is 17.6 Å². The lowest BCUT2D eigenvalue weighted by molar-refractivity contribution is 0.385. The van der Waals surface area contributed by atoms with E-state index in [4.69, 9.17) is 4.74 Å². The van der Waals surface area contributed by atoms with E-state index in [1.165, 1.54) is 35.4 Å². The predicted molar refractivity (Wildman–Crippen MR) is 88.9 cm³/mol. The van der Waals surface area contributed by atoms with Crippen LogP contribution in [-0.2, 0) is 6.54 Å². The molecule has 0 fully saturated rings. The molecule has 22 heavy (non-hydrogen) atoms. The summed E-state index contributed by atoms with van der Waals surface area (Å²) >= 11 is 0. The second kappa shape index (κ2) is 6.93. The molecule has 1 N–H and O–H groups in total. The van der Waals surface area contributed by atoms with Crippen LogP contribution in [0.2, 0.25) is 0 Å². The normalized spacial score (nSPS) is 12.3. The van der Waals surface area contributed by atoms with Gasteiger partial charge < -0.3 is 10.1 Å². The zero-order chi connectivity index (χ0) is 16.3. The second-order valence-electron chi connectivity index (χ2n) is 5.86. The molecule has 1 unspecified atom stereocenters. The van der Waals surface area contributed by atoms with Crippen molar-refractivity contribution in [1.29, 1.82) is 0 Å². The summed E-state index contributed by atoms with van der Waals surface area (Å²) in [5.41, 5.74) is 6.09. The third kappa shape index (κ3) is 3.66. The number of ether oxygens (including phenoxy) is 1. The number of hydrogen-bond acceptors (Lipinski definition) is 2. The average Bonchev–Trinajstić information content (AvgIpc) is 2.49. The lowest BCUT2D eigenvalue weighted by Crippen LogP contribution is -2.19. The van der Waals surface area contributed by atoms with Gasteiger partial charge in [-0.05, 0) is 67.6 Å². The highest BCUT2D eigenvalue weighted by atomic mass is 19.1. The molecule has 2 aromatic rings. The van der Waals surface area contributed by atoms with Gasteiger partial charge in [-0.3, -0.25) is 0 Å². The number of rotatable bonds is 5. The molecule has 2 nitrogen and oxygen atoms in total. The largest absolute Gasteiger partial charge is 0.494 e. The Kier molecular flexibility index (Phi) is 5.19. The fraction of sp³-hybridized carbons (Fsp3) is 0.368. The molecule has 0 spiro atoms. The lowest BCUT2D eigenvalue weighted by atomic mass is 10.0. The highest BCUT2D eigenvalue weighted by Gasteiger charge is 2.10. The molecule has 2 rings (SSSR count). The molecule has 3 heteroatoms. The molecule has 2 aromatic carbocycles. The molecular formula is C19H24FNO. The van der Waals surface area contributed by atoms with Crippen LogP contribution in [0.3, 0.4) is 0 Å². The van der Waals surface area contributed by atoms with Crippen molar-refractivity contribution in [3.05, 3.63) is 64.0 Å². The van der Waals surface area contributed by atoms with Crippen LogP contribution in [0.15, 0.2) is 30.3 Å². The van der Waals surface area contributed by atoms with Gasteiger partial charge in [0.1, 0.15) is 0 Å². The summed E-state index contributed by atoms with van der Waals surface area (Å²) in [6.07, 6.45) is 0. The molecule has 118 valence electrons. The van der Waals surface area contributed by atoms with Crippen molar-refractivity contribution in [1.82, 2.24) is 5.32 Å². The number of nitrogens with one attached hydrogen (secondary N) is 1. The van der Waals surface area contributed by atoms with Crippen LogP contribution < -0.4 is 10.1 Å². The Morgan fingerprint density at radius 1 is 1.05 bits per heavy atom. The highest BCUT2D eigenvalue weighted by molar-refractivity contribution is 5.36. The summed E-state index contributed by atoms with van der Waals surface area (Å²) < 4.78 is 18.7. The maximum atomic E-state index is 13.8. The Morgan fingerprint density at radius 3 is 2.36 bits per heavy atom. The summed E-state index contributed by atoms with van der Waals surface area (Å²) in [5, 5.41) is 3.46. The summed E-state index contributed by atoms with van der Waals surface area (Å²) in [7, 11) is 1.47. The summed E-state index contributed by atoms with van der Waals surface area (Å²) in [4.78, 5) is 0. The van der Waals surface area contributed by atoms with Crippen molar-refractivity contribution < 1.29 is 9.13 Å². The molecule has 0 aliphatic carbocycles. The molecule has 0 heterocycles. The van der Waals surface area contributed by atoms with Gasteiger partial charge in [0.2, 0.25) is 0 Å². The van der Waals surface area contributed by atoms with E-state index in [1.807, 2.05) is 13.0 Å². The summed E-state index contributed by atoms with van der Waals surface area (Å²) in [6, 6.07) is 9.60. The monoisotopic (exact) mass is 301 g/mol. The van der Waals surface area contributed by atoms with Crippen LogP contribution >= 0.6 is 0 Å². The third-order valence-corrected chi connectivity index (χ3v) is 4.23. The van der Waals surface area contributed by atoms with Gasteiger partial charge in [-0.25, -0.2) is 4.39 Å². The predicted octanol–water partition coefficient (Wildman–Crippen LogP) is 4.61. The van der Waals surface area contributed by atoms with Gasteiger partial charge in [-0.1, -0.05) is 18.2 Å². The first-order chi connectivity index (χ1) is 10.4. The van der Waals surface area contributed by atoms with Crippen LogP contribution in [0.5, 0.6) is 5.75 Å². The molecule has 1 atom stereocenters. The van der Waals surface area contributed by atoms with Crippen LogP contribution in [0.25, 0.3) is 0 Å². The quantitative estimate of drug-likeness (QED) is 0.870. The number of hydrogen-bond donors (Lipinski definition) is 1. The zero-order valence-electron chi connectivity index (χ0n) is 14.0. The van der Waals surface area contributed by atoms with Crippen LogP contribution in [0.1, 0.15) is 40.8 Å². The van der Waals surface area contributed by atoms with Gasteiger partial charge >= 0.3 is 0 Å². The minimum Gasteiger partial charge on any atom is -0.494 e. The van der Waals surface area contributed by atoms with Gasteiger partial charge in [0, 0.05) is 12.6 Å². The van der Waals surface area contributed by atoms with E-state index in [9.17, 15) is 4.39 Å². The van der Waals surface area contributed by atoms with Crippen LogP contribution in [-0.4, -0.2) is 7.11 Å². The molecule has 0 saturated carbocycles. The van der Waals surface area contributed by atoms with Crippen molar-refractivity contribution in [3.63, 3.8) is 0 Å². The molecular weight excluding hydrogens is 277 g/mol. The Labute approximate surface area is 132 Å². The highest BCUT2D eigenvalue weighted by Crippen LogP contribution is 2.22. The van der Waals surface area contributed by atoms with Gasteiger partial charge in [-0.15, -0.1) is 0 Å². The van der Waals surface area contributed by atoms with E-state index >= 15 is 0 Å². The topological polar surface area (TPSA) is 21.3 Å². The number of aryl methyl sites for hydroxylation is 3. The van der Waals surface area contributed by atoms with E-state index in [0.29, 0.717) is 0 Å². The smallest absolute Gasteiger partial charge is 0.165 e. The van der Waals surface area contributed by atoms with E-state index < -0.39 is 0 Å². The number of methoxy groups -OCH3 is 1. The fourth-order valence-corrected chi connectivity index (χ4v) is 2.54. The number of halogens is 1. The van der Waals surface area contributed by atoms with Crippen LogP contribution in [0.4, 0.5) is 4.39 Å². The third-order valence-electron chi connectivity index (χ3n) is 4.23. The summed E-state index contributed by atoms with van der Waals surface area (Å²) in [6.45, 7) is 9.18. The van der Waals surface area contributed by atoms with Gasteiger partial charge in [0.25, 0.3) is 0 Å². The molecule has 0 radical (unpaired) electrons. The SMILES string of the molecule is COc1ccc(C(C)NCc2cc(C)c(C)cc2C)cc1F. The van der Waals surface area contributed by atoms with Gasteiger partial charge in [0.05, 0.1) is 7.11 Å².